The van der Waals surface area contributed by atoms with Crippen LogP contribution >= 0.6 is 33.0 Å². The third-order valence-corrected chi connectivity index (χ3v) is 4.80. The van der Waals surface area contributed by atoms with Crippen molar-refractivity contribution in [3.63, 3.8) is 0 Å². The monoisotopic (exact) mass is 323 g/mol. The Morgan fingerprint density at radius 1 is 1.00 bits per heavy atom. The molecule has 5 nitrogen and oxygen atoms in total. The van der Waals surface area contributed by atoms with E-state index < -0.39 is 27.9 Å². The Kier molecular flexibility index (Phi) is 3.66. The van der Waals surface area contributed by atoms with Gasteiger partial charge in [-0.25, -0.2) is 16.8 Å². The third-order valence-electron chi connectivity index (χ3n) is 1.59. The molecule has 0 unspecified atom stereocenters. The fourth-order valence-corrected chi connectivity index (χ4v) is 3.28. The lowest BCUT2D eigenvalue weighted by atomic mass is 10.3. The molecule has 0 aliphatic rings. The largest absolute Gasteiger partial charge is 0.397 e. The molecule has 0 spiro atoms. The Bertz CT molecular complexity index is 638. The van der Waals surface area contributed by atoms with Gasteiger partial charge in [-0.2, -0.15) is 0 Å². The summed E-state index contributed by atoms with van der Waals surface area (Å²) < 4.78 is 44.2. The average molecular weight is 325 g/mol. The van der Waals surface area contributed by atoms with Gasteiger partial charge < -0.3 is 5.73 Å². The fraction of sp³-hybridized carbons (Fsp3) is 0. The minimum atomic E-state index is -4.20. The number of nitrogen functional groups attached to an aromatic ring is 1. The van der Waals surface area contributed by atoms with Crippen LogP contribution < -0.4 is 5.73 Å². The van der Waals surface area contributed by atoms with Crippen molar-refractivity contribution in [2.75, 3.05) is 5.73 Å². The lowest BCUT2D eigenvalue weighted by Crippen LogP contribution is -2.00. The highest BCUT2D eigenvalue weighted by Crippen LogP contribution is 2.33. The van der Waals surface area contributed by atoms with Crippen LogP contribution in [-0.2, 0) is 18.1 Å². The molecule has 1 aromatic carbocycles. The lowest BCUT2D eigenvalue weighted by molar-refractivity contribution is 0.608. The number of anilines is 1. The van der Waals surface area contributed by atoms with E-state index in [1.807, 2.05) is 0 Å². The van der Waals surface area contributed by atoms with Gasteiger partial charge in [0.25, 0.3) is 18.1 Å². The van der Waals surface area contributed by atoms with Gasteiger partial charge in [0.2, 0.25) is 0 Å². The van der Waals surface area contributed by atoms with Gasteiger partial charge in [-0.05, 0) is 12.1 Å². The average Bonchev–Trinajstić information content (AvgIpc) is 2.05. The molecule has 90 valence electrons. The van der Waals surface area contributed by atoms with Crippen LogP contribution in [0.15, 0.2) is 21.9 Å². The first kappa shape index (κ1) is 13.9. The quantitative estimate of drug-likeness (QED) is 0.661. The molecule has 0 saturated heterocycles. The minimum absolute atomic E-state index is 0.248. The highest BCUT2D eigenvalue weighted by molar-refractivity contribution is 8.14. The Balaban J connectivity index is 3.72. The topological polar surface area (TPSA) is 94.3 Å². The normalized spacial score (nSPS) is 12.7. The van der Waals surface area contributed by atoms with E-state index in [1.54, 1.807) is 0 Å². The van der Waals surface area contributed by atoms with E-state index >= 15 is 0 Å². The molecule has 0 saturated carbocycles. The molecular formula is C6H4Cl3NO4S2. The van der Waals surface area contributed by atoms with E-state index in [-0.39, 0.29) is 10.7 Å². The highest BCUT2D eigenvalue weighted by Gasteiger charge is 2.22. The van der Waals surface area contributed by atoms with Crippen molar-refractivity contribution in [2.45, 2.75) is 9.79 Å². The fourth-order valence-electron chi connectivity index (χ4n) is 0.911. The molecule has 16 heavy (non-hydrogen) atoms. The summed E-state index contributed by atoms with van der Waals surface area (Å²) >= 11 is 5.57. The van der Waals surface area contributed by atoms with E-state index in [2.05, 4.69) is 0 Å². The Morgan fingerprint density at radius 3 is 1.88 bits per heavy atom. The first-order valence-electron chi connectivity index (χ1n) is 3.52. The van der Waals surface area contributed by atoms with E-state index in [0.29, 0.717) is 0 Å². The molecule has 0 aliphatic heterocycles. The standard InChI is InChI=1S/C6H4Cl3NO4S2/c7-6-4(10)1-3(15(8,11)12)2-5(6)16(9,13)14/h1-2H,10H2. The molecule has 10 heteroatoms. The van der Waals surface area contributed by atoms with Gasteiger partial charge in [0.05, 0.1) is 15.6 Å². The molecule has 0 fully saturated rings. The van der Waals surface area contributed by atoms with Gasteiger partial charge >= 0.3 is 0 Å². The van der Waals surface area contributed by atoms with Crippen LogP contribution in [0.4, 0.5) is 5.69 Å². The number of rotatable bonds is 2. The second-order valence-corrected chi connectivity index (χ2v) is 8.18. The van der Waals surface area contributed by atoms with Crippen molar-refractivity contribution in [1.82, 2.24) is 0 Å². The van der Waals surface area contributed by atoms with E-state index in [1.165, 1.54) is 0 Å². The molecule has 0 amide bonds. The van der Waals surface area contributed by atoms with E-state index in [4.69, 9.17) is 38.7 Å². The van der Waals surface area contributed by atoms with Crippen molar-refractivity contribution in [1.29, 1.82) is 0 Å². The van der Waals surface area contributed by atoms with Crippen molar-refractivity contribution >= 4 is 56.8 Å². The van der Waals surface area contributed by atoms with Gasteiger partial charge in [-0.1, -0.05) is 11.6 Å². The first-order chi connectivity index (χ1) is 7.03. The van der Waals surface area contributed by atoms with Crippen LogP contribution in [0.5, 0.6) is 0 Å². The number of benzene rings is 1. The summed E-state index contributed by atoms with van der Waals surface area (Å²) in [6, 6.07) is 1.68. The molecule has 0 bridgehead atoms. The SMILES string of the molecule is Nc1cc(S(=O)(=O)Cl)cc(S(=O)(=O)Cl)c1Cl. The van der Waals surface area contributed by atoms with Gasteiger partial charge in [0.1, 0.15) is 4.90 Å². The van der Waals surface area contributed by atoms with Crippen LogP contribution in [0.3, 0.4) is 0 Å². The molecule has 0 heterocycles. The summed E-state index contributed by atoms with van der Waals surface area (Å²) in [5, 5.41) is -0.348. The van der Waals surface area contributed by atoms with E-state index in [0.717, 1.165) is 12.1 Å². The molecule has 2 N–H and O–H groups in total. The highest BCUT2D eigenvalue weighted by atomic mass is 35.7. The van der Waals surface area contributed by atoms with Crippen LogP contribution in [0.25, 0.3) is 0 Å². The summed E-state index contributed by atoms with van der Waals surface area (Å²) in [4.78, 5) is -1.09. The second kappa shape index (κ2) is 4.23. The van der Waals surface area contributed by atoms with Gasteiger partial charge in [-0.15, -0.1) is 0 Å². The maximum atomic E-state index is 11.1. The molecular weight excluding hydrogens is 321 g/mol. The molecule has 0 aliphatic carbocycles. The summed E-state index contributed by atoms with van der Waals surface area (Å²) in [6.07, 6.45) is 0. The van der Waals surface area contributed by atoms with Crippen molar-refractivity contribution in [2.24, 2.45) is 0 Å². The van der Waals surface area contributed by atoms with Gasteiger partial charge in [0, 0.05) is 21.4 Å². The number of halogens is 3. The zero-order chi connectivity index (χ0) is 12.7. The van der Waals surface area contributed by atoms with Crippen LogP contribution in [0.1, 0.15) is 0 Å². The van der Waals surface area contributed by atoms with Crippen LogP contribution in [-0.4, -0.2) is 16.8 Å². The van der Waals surface area contributed by atoms with Gasteiger partial charge in [0.15, 0.2) is 0 Å². The van der Waals surface area contributed by atoms with Crippen LogP contribution in [0, 0.1) is 0 Å². The molecule has 0 radical (unpaired) electrons. The van der Waals surface area contributed by atoms with Gasteiger partial charge in [-0.3, -0.25) is 0 Å². The zero-order valence-corrected chi connectivity index (χ0v) is 11.2. The number of nitrogens with two attached hydrogens (primary N) is 1. The first-order valence-corrected chi connectivity index (χ1v) is 8.51. The molecule has 0 aromatic heterocycles. The zero-order valence-electron chi connectivity index (χ0n) is 7.32. The molecule has 0 atom stereocenters. The minimum Gasteiger partial charge on any atom is -0.397 e. The third kappa shape index (κ3) is 2.92. The Hall–Kier alpha value is -0.210. The van der Waals surface area contributed by atoms with Crippen LogP contribution in [0.2, 0.25) is 5.02 Å². The smallest absolute Gasteiger partial charge is 0.262 e. The predicted octanol–water partition coefficient (Wildman–Crippen LogP) is 1.78. The molecule has 1 rings (SSSR count). The maximum Gasteiger partial charge on any atom is 0.262 e. The summed E-state index contributed by atoms with van der Waals surface area (Å²) in [7, 11) is 1.78. The van der Waals surface area contributed by atoms with E-state index in [9.17, 15) is 16.8 Å². The predicted molar refractivity (Wildman–Crippen MR) is 61.9 cm³/mol. The number of hydrogen-bond acceptors (Lipinski definition) is 5. The Labute approximate surface area is 106 Å². The van der Waals surface area contributed by atoms with Crippen molar-refractivity contribution in [3.05, 3.63) is 17.2 Å². The summed E-state index contributed by atoms with van der Waals surface area (Å²) in [5.74, 6) is 0. The lowest BCUT2D eigenvalue weighted by Gasteiger charge is -2.05. The number of hydrogen-bond donors (Lipinski definition) is 1. The maximum absolute atomic E-state index is 11.1. The molecule has 1 aromatic rings. The summed E-state index contributed by atoms with van der Waals surface area (Å²) in [5.41, 5.74) is 5.09. The summed E-state index contributed by atoms with van der Waals surface area (Å²) in [6.45, 7) is 0. The van der Waals surface area contributed by atoms with Crippen molar-refractivity contribution in [3.8, 4) is 0 Å². The Morgan fingerprint density at radius 2 is 1.50 bits per heavy atom. The van der Waals surface area contributed by atoms with Crippen molar-refractivity contribution < 1.29 is 16.8 Å². The second-order valence-electron chi connectivity index (χ2n) is 2.70.